The molecular weight excluding hydrogens is 380 g/mol. The number of nitrogens with zero attached hydrogens (tertiary/aromatic N) is 2. The van der Waals surface area contributed by atoms with E-state index in [9.17, 15) is 10.5 Å². The lowest BCUT2D eigenvalue weighted by Crippen LogP contribution is -2.20. The van der Waals surface area contributed by atoms with Gasteiger partial charge in [0.1, 0.15) is 29.2 Å². The highest BCUT2D eigenvalue weighted by molar-refractivity contribution is 5.56. The molecule has 2 rings (SSSR count). The van der Waals surface area contributed by atoms with Crippen LogP contribution in [0.1, 0.15) is 104 Å². The van der Waals surface area contributed by atoms with E-state index < -0.39 is 0 Å². The quantitative estimate of drug-likeness (QED) is 0.470. The average Bonchev–Trinajstić information content (AvgIpc) is 2.81. The molecular formula is C28H40N2O. The first-order valence-electron chi connectivity index (χ1n) is 11.5. The third-order valence-corrected chi connectivity index (χ3v) is 5.74. The van der Waals surface area contributed by atoms with E-state index in [0.29, 0.717) is 11.3 Å². The van der Waals surface area contributed by atoms with E-state index in [-0.39, 0.29) is 16.4 Å². The number of ether oxygens (including phenoxy) is 1. The zero-order valence-corrected chi connectivity index (χ0v) is 21.2. The SMILES string of the molecule is CC.CC.CCC(C)(C)c1ccc(Oc2cccc(C#N)c2C#N)c(C(C)(C)CC)c1. The lowest BCUT2D eigenvalue weighted by atomic mass is 9.76. The zero-order valence-electron chi connectivity index (χ0n) is 21.2. The molecule has 31 heavy (non-hydrogen) atoms. The second-order valence-corrected chi connectivity index (χ2v) is 8.19. The summed E-state index contributed by atoms with van der Waals surface area (Å²) in [5.41, 5.74) is 3.01. The maximum Gasteiger partial charge on any atom is 0.146 e. The molecule has 0 spiro atoms. The highest BCUT2D eigenvalue weighted by atomic mass is 16.5. The van der Waals surface area contributed by atoms with Crippen molar-refractivity contribution in [2.75, 3.05) is 0 Å². The standard InChI is InChI=1S/C24H28N2O.2C2H6/c1-7-23(3,4)18-12-13-22(20(14-18)24(5,6)8-2)27-21-11-9-10-17(15-25)19(21)16-26;2*1-2/h9-14H,7-8H2,1-6H3;2*1-2H3. The first-order valence-corrected chi connectivity index (χ1v) is 11.5. The van der Waals surface area contributed by atoms with Crippen molar-refractivity contribution in [2.24, 2.45) is 0 Å². The van der Waals surface area contributed by atoms with Crippen LogP contribution in [-0.4, -0.2) is 0 Å². The van der Waals surface area contributed by atoms with Crippen molar-refractivity contribution >= 4 is 0 Å². The molecule has 0 saturated heterocycles. The monoisotopic (exact) mass is 420 g/mol. The van der Waals surface area contributed by atoms with Crippen LogP contribution < -0.4 is 4.74 Å². The van der Waals surface area contributed by atoms with E-state index in [0.717, 1.165) is 24.2 Å². The van der Waals surface area contributed by atoms with E-state index in [1.165, 1.54) is 5.56 Å². The minimum absolute atomic E-state index is 0.0746. The summed E-state index contributed by atoms with van der Waals surface area (Å²) in [4.78, 5) is 0. The van der Waals surface area contributed by atoms with Crippen molar-refractivity contribution in [1.82, 2.24) is 0 Å². The number of hydrogen-bond donors (Lipinski definition) is 0. The van der Waals surface area contributed by atoms with Gasteiger partial charge in [0.15, 0.2) is 0 Å². The molecule has 0 aliphatic heterocycles. The van der Waals surface area contributed by atoms with Gasteiger partial charge in [0.25, 0.3) is 0 Å². The summed E-state index contributed by atoms with van der Waals surface area (Å²) < 4.78 is 6.19. The first kappa shape index (κ1) is 28.2. The fourth-order valence-electron chi connectivity index (χ4n) is 2.91. The molecule has 3 nitrogen and oxygen atoms in total. The average molecular weight is 421 g/mol. The molecule has 0 atom stereocenters. The minimum Gasteiger partial charge on any atom is -0.456 e. The Morgan fingerprint density at radius 2 is 1.35 bits per heavy atom. The Bertz CT molecular complexity index is 912. The second kappa shape index (κ2) is 12.8. The maximum absolute atomic E-state index is 9.49. The molecule has 0 radical (unpaired) electrons. The molecule has 2 aromatic carbocycles. The van der Waals surface area contributed by atoms with E-state index in [1.54, 1.807) is 18.2 Å². The second-order valence-electron chi connectivity index (χ2n) is 8.19. The Kier molecular flexibility index (Phi) is 11.7. The van der Waals surface area contributed by atoms with E-state index >= 15 is 0 Å². The van der Waals surface area contributed by atoms with Gasteiger partial charge in [-0.2, -0.15) is 10.5 Å². The first-order chi connectivity index (χ1) is 14.7. The van der Waals surface area contributed by atoms with Gasteiger partial charge in [-0.25, -0.2) is 0 Å². The maximum atomic E-state index is 9.49. The van der Waals surface area contributed by atoms with Crippen LogP contribution in [0.2, 0.25) is 0 Å². The van der Waals surface area contributed by atoms with Gasteiger partial charge < -0.3 is 4.74 Å². The third-order valence-electron chi connectivity index (χ3n) is 5.74. The Morgan fingerprint density at radius 3 is 1.84 bits per heavy atom. The number of nitriles is 2. The smallest absolute Gasteiger partial charge is 0.146 e. The van der Waals surface area contributed by atoms with Gasteiger partial charge in [-0.05, 0) is 47.4 Å². The summed E-state index contributed by atoms with van der Waals surface area (Å²) in [7, 11) is 0. The lowest BCUT2D eigenvalue weighted by Gasteiger charge is -2.30. The molecule has 0 aromatic heterocycles. The molecule has 0 heterocycles. The largest absolute Gasteiger partial charge is 0.456 e. The summed E-state index contributed by atoms with van der Waals surface area (Å²) in [5, 5.41) is 18.7. The van der Waals surface area contributed by atoms with Crippen LogP contribution in [0.25, 0.3) is 0 Å². The van der Waals surface area contributed by atoms with E-state index in [1.807, 2.05) is 33.8 Å². The molecule has 0 unspecified atom stereocenters. The van der Waals surface area contributed by atoms with Gasteiger partial charge in [-0.1, -0.05) is 87.4 Å². The fourth-order valence-corrected chi connectivity index (χ4v) is 2.91. The summed E-state index contributed by atoms with van der Waals surface area (Å²) in [6.45, 7) is 21.3. The van der Waals surface area contributed by atoms with Gasteiger partial charge in [0.2, 0.25) is 0 Å². The van der Waals surface area contributed by atoms with Crippen LogP contribution in [0.4, 0.5) is 0 Å². The third kappa shape index (κ3) is 6.86. The van der Waals surface area contributed by atoms with Gasteiger partial charge >= 0.3 is 0 Å². The molecule has 0 aliphatic carbocycles. The molecule has 0 amide bonds. The summed E-state index contributed by atoms with van der Waals surface area (Å²) >= 11 is 0. The van der Waals surface area contributed by atoms with Gasteiger partial charge in [0.05, 0.1) is 5.56 Å². The van der Waals surface area contributed by atoms with Gasteiger partial charge in [-0.15, -0.1) is 0 Å². The summed E-state index contributed by atoms with van der Waals surface area (Å²) in [6.07, 6.45) is 2.00. The van der Waals surface area contributed by atoms with Crippen LogP contribution in [0, 0.1) is 22.7 Å². The number of hydrogen-bond acceptors (Lipinski definition) is 3. The van der Waals surface area contributed by atoms with Crippen molar-refractivity contribution in [3.05, 3.63) is 58.7 Å². The summed E-state index contributed by atoms with van der Waals surface area (Å²) in [6, 6.07) is 15.6. The highest BCUT2D eigenvalue weighted by Crippen LogP contribution is 2.40. The van der Waals surface area contributed by atoms with Crippen LogP contribution in [0.3, 0.4) is 0 Å². The molecule has 0 saturated carbocycles. The Balaban J connectivity index is 0.00000212. The molecule has 2 aromatic rings. The number of benzene rings is 2. The molecule has 0 aliphatic rings. The number of rotatable bonds is 6. The van der Waals surface area contributed by atoms with E-state index in [4.69, 9.17) is 4.74 Å². The predicted molar refractivity (Wildman–Crippen MR) is 132 cm³/mol. The van der Waals surface area contributed by atoms with Crippen molar-refractivity contribution in [3.63, 3.8) is 0 Å². The van der Waals surface area contributed by atoms with E-state index in [2.05, 4.69) is 65.8 Å². The lowest BCUT2D eigenvalue weighted by molar-refractivity contribution is 0.431. The van der Waals surface area contributed by atoms with Crippen molar-refractivity contribution in [2.45, 2.75) is 92.9 Å². The predicted octanol–water partition coefficient (Wildman–Crippen LogP) is 8.65. The molecule has 0 fully saturated rings. The summed E-state index contributed by atoms with van der Waals surface area (Å²) in [5.74, 6) is 1.16. The Labute approximate surface area is 190 Å². The van der Waals surface area contributed by atoms with Crippen LogP contribution in [0.15, 0.2) is 36.4 Å². The normalized spacial score (nSPS) is 10.5. The minimum atomic E-state index is -0.0746. The van der Waals surface area contributed by atoms with Gasteiger partial charge in [0, 0.05) is 5.56 Å². The molecule has 3 heteroatoms. The fraction of sp³-hybridized carbons (Fsp3) is 0.500. The Hall–Kier alpha value is -2.78. The zero-order chi connectivity index (χ0) is 24.2. The van der Waals surface area contributed by atoms with Crippen LogP contribution in [0.5, 0.6) is 11.5 Å². The Morgan fingerprint density at radius 1 is 0.774 bits per heavy atom. The van der Waals surface area contributed by atoms with Crippen molar-refractivity contribution in [1.29, 1.82) is 10.5 Å². The topological polar surface area (TPSA) is 56.8 Å². The van der Waals surface area contributed by atoms with Crippen LogP contribution in [-0.2, 0) is 10.8 Å². The molecule has 0 bridgehead atoms. The molecule has 168 valence electrons. The highest BCUT2D eigenvalue weighted by Gasteiger charge is 2.27. The van der Waals surface area contributed by atoms with Gasteiger partial charge in [-0.3, -0.25) is 0 Å². The van der Waals surface area contributed by atoms with Crippen molar-refractivity contribution < 1.29 is 4.74 Å². The molecule has 0 N–H and O–H groups in total. The van der Waals surface area contributed by atoms with Crippen LogP contribution >= 0.6 is 0 Å². The van der Waals surface area contributed by atoms with Crippen molar-refractivity contribution in [3.8, 4) is 23.6 Å².